The Balaban J connectivity index is 3.19. The third kappa shape index (κ3) is 1.15. The van der Waals surface area contributed by atoms with Crippen LogP contribution in [0.4, 0.5) is 10.1 Å². The van der Waals surface area contributed by atoms with Crippen LogP contribution in [-0.4, -0.2) is 4.98 Å². The lowest BCUT2D eigenvalue weighted by molar-refractivity contribution is 0.582. The maximum Gasteiger partial charge on any atom is 0.213 e. The zero-order valence-electron chi connectivity index (χ0n) is 5.34. The molecule has 0 N–H and O–H groups in total. The summed E-state index contributed by atoms with van der Waals surface area (Å²) in [7, 11) is 0. The van der Waals surface area contributed by atoms with Gasteiger partial charge in [-0.25, -0.2) is 4.98 Å². The number of halogens is 1. The van der Waals surface area contributed by atoms with Crippen LogP contribution >= 0.6 is 0 Å². The molecule has 0 bridgehead atoms. The van der Waals surface area contributed by atoms with Gasteiger partial charge in [-0.3, -0.25) is 0 Å². The molecule has 0 radical (unpaired) electrons. The first-order chi connectivity index (χ1) is 4.74. The minimum atomic E-state index is -0.593. The predicted octanol–water partition coefficient (Wildman–Crippen LogP) is 1.93. The van der Waals surface area contributed by atoms with Gasteiger partial charge in [0.2, 0.25) is 5.95 Å². The van der Waals surface area contributed by atoms with Crippen LogP contribution in [0.1, 0.15) is 5.56 Å². The molecule has 3 nitrogen and oxygen atoms in total. The SMILES string of the molecule is Cc1cc(F)ncc1N=O. The van der Waals surface area contributed by atoms with Crippen LogP contribution in [-0.2, 0) is 0 Å². The number of rotatable bonds is 1. The smallest absolute Gasteiger partial charge is 0.213 e. The van der Waals surface area contributed by atoms with Crippen molar-refractivity contribution in [1.82, 2.24) is 4.98 Å². The molecule has 0 unspecified atom stereocenters. The number of nitrogens with zero attached hydrogens (tertiary/aromatic N) is 2. The van der Waals surface area contributed by atoms with Crippen LogP contribution in [0.15, 0.2) is 17.4 Å². The summed E-state index contributed by atoms with van der Waals surface area (Å²) in [5.41, 5.74) is 0.684. The van der Waals surface area contributed by atoms with E-state index >= 15 is 0 Å². The molecule has 0 spiro atoms. The van der Waals surface area contributed by atoms with Gasteiger partial charge < -0.3 is 0 Å². The average Bonchev–Trinajstić information content (AvgIpc) is 1.88. The van der Waals surface area contributed by atoms with Gasteiger partial charge >= 0.3 is 0 Å². The van der Waals surface area contributed by atoms with Gasteiger partial charge in [-0.15, -0.1) is 4.91 Å². The molecular formula is C6H5FN2O. The van der Waals surface area contributed by atoms with Crippen molar-refractivity contribution in [1.29, 1.82) is 0 Å². The molecule has 0 atom stereocenters. The van der Waals surface area contributed by atoms with Crippen LogP contribution in [0.3, 0.4) is 0 Å². The van der Waals surface area contributed by atoms with Crippen molar-refractivity contribution in [2.45, 2.75) is 6.92 Å². The molecule has 0 aliphatic carbocycles. The summed E-state index contributed by atoms with van der Waals surface area (Å²) in [5.74, 6) is -0.593. The zero-order valence-corrected chi connectivity index (χ0v) is 5.34. The highest BCUT2D eigenvalue weighted by Gasteiger charge is 1.98. The summed E-state index contributed by atoms with van der Waals surface area (Å²) in [6.07, 6.45) is 1.11. The van der Waals surface area contributed by atoms with E-state index in [9.17, 15) is 9.30 Å². The molecule has 0 amide bonds. The summed E-state index contributed by atoms with van der Waals surface area (Å²) in [6, 6.07) is 1.16. The van der Waals surface area contributed by atoms with Gasteiger partial charge in [-0.2, -0.15) is 4.39 Å². The molecule has 1 rings (SSSR count). The van der Waals surface area contributed by atoms with E-state index in [1.54, 1.807) is 6.92 Å². The van der Waals surface area contributed by atoms with Gasteiger partial charge in [-0.1, -0.05) is 0 Å². The fourth-order valence-electron chi connectivity index (χ4n) is 0.610. The Morgan fingerprint density at radius 3 is 2.90 bits per heavy atom. The van der Waals surface area contributed by atoms with Crippen molar-refractivity contribution < 1.29 is 4.39 Å². The molecule has 0 aliphatic heterocycles. The van der Waals surface area contributed by atoms with Crippen LogP contribution in [0.2, 0.25) is 0 Å². The third-order valence-electron chi connectivity index (χ3n) is 1.15. The molecule has 4 heteroatoms. The highest BCUT2D eigenvalue weighted by molar-refractivity contribution is 5.41. The first kappa shape index (κ1) is 6.80. The molecule has 0 aromatic carbocycles. The van der Waals surface area contributed by atoms with Gasteiger partial charge in [0.15, 0.2) is 0 Å². The maximum atomic E-state index is 12.2. The fraction of sp³-hybridized carbons (Fsp3) is 0.167. The largest absolute Gasteiger partial charge is 0.226 e. The molecule has 0 saturated carbocycles. The minimum Gasteiger partial charge on any atom is -0.226 e. The zero-order chi connectivity index (χ0) is 7.56. The molecule has 1 aromatic rings. The Hall–Kier alpha value is -1.32. The van der Waals surface area contributed by atoms with Gasteiger partial charge in [0.05, 0.1) is 6.20 Å². The first-order valence-corrected chi connectivity index (χ1v) is 2.69. The van der Waals surface area contributed by atoms with Crippen LogP contribution in [0.5, 0.6) is 0 Å². The van der Waals surface area contributed by atoms with Gasteiger partial charge in [0.1, 0.15) is 5.69 Å². The van der Waals surface area contributed by atoms with Crippen molar-refractivity contribution in [2.24, 2.45) is 5.18 Å². The lowest BCUT2D eigenvalue weighted by Gasteiger charge is -1.92. The summed E-state index contributed by atoms with van der Waals surface area (Å²) in [5, 5.41) is 2.63. The van der Waals surface area contributed by atoms with Gasteiger partial charge in [-0.05, 0) is 23.7 Å². The Morgan fingerprint density at radius 1 is 1.70 bits per heavy atom. The Labute approximate surface area is 56.9 Å². The first-order valence-electron chi connectivity index (χ1n) is 2.69. The van der Waals surface area contributed by atoms with Crippen LogP contribution in [0.25, 0.3) is 0 Å². The van der Waals surface area contributed by atoms with Gasteiger partial charge in [0.25, 0.3) is 0 Å². The molecule has 1 heterocycles. The Morgan fingerprint density at radius 2 is 2.40 bits per heavy atom. The van der Waals surface area contributed by atoms with E-state index in [1.807, 2.05) is 0 Å². The monoisotopic (exact) mass is 140 g/mol. The second-order valence-corrected chi connectivity index (χ2v) is 1.88. The molecule has 10 heavy (non-hydrogen) atoms. The number of pyridine rings is 1. The van der Waals surface area contributed by atoms with Crippen molar-refractivity contribution in [2.75, 3.05) is 0 Å². The highest BCUT2D eigenvalue weighted by atomic mass is 19.1. The lowest BCUT2D eigenvalue weighted by atomic mass is 10.3. The molecule has 0 fully saturated rings. The molecule has 0 aliphatic rings. The fourth-order valence-corrected chi connectivity index (χ4v) is 0.610. The van der Waals surface area contributed by atoms with E-state index in [2.05, 4.69) is 10.2 Å². The van der Waals surface area contributed by atoms with Crippen molar-refractivity contribution in [3.05, 3.63) is 28.7 Å². The lowest BCUT2D eigenvalue weighted by Crippen LogP contribution is -1.82. The maximum absolute atomic E-state index is 12.2. The van der Waals surface area contributed by atoms with E-state index in [0.717, 1.165) is 12.3 Å². The number of nitroso groups, excluding NO2 is 1. The van der Waals surface area contributed by atoms with Crippen molar-refractivity contribution in [3.8, 4) is 0 Å². The predicted molar refractivity (Wildman–Crippen MR) is 34.4 cm³/mol. The van der Waals surface area contributed by atoms with E-state index < -0.39 is 5.95 Å². The molecule has 1 aromatic heterocycles. The summed E-state index contributed by atoms with van der Waals surface area (Å²) < 4.78 is 12.2. The summed E-state index contributed by atoms with van der Waals surface area (Å²) in [4.78, 5) is 13.2. The number of hydrogen-bond acceptors (Lipinski definition) is 3. The van der Waals surface area contributed by atoms with Gasteiger partial charge in [0, 0.05) is 0 Å². The third-order valence-corrected chi connectivity index (χ3v) is 1.15. The summed E-state index contributed by atoms with van der Waals surface area (Å²) in [6.45, 7) is 1.60. The Kier molecular flexibility index (Phi) is 1.71. The van der Waals surface area contributed by atoms with E-state index in [-0.39, 0.29) is 5.69 Å². The highest BCUT2D eigenvalue weighted by Crippen LogP contribution is 2.15. The second kappa shape index (κ2) is 2.51. The number of aromatic nitrogens is 1. The van der Waals surface area contributed by atoms with Crippen molar-refractivity contribution >= 4 is 5.69 Å². The van der Waals surface area contributed by atoms with Crippen molar-refractivity contribution in [3.63, 3.8) is 0 Å². The number of aryl methyl sites for hydroxylation is 1. The van der Waals surface area contributed by atoms with E-state index in [1.165, 1.54) is 0 Å². The normalized spacial score (nSPS) is 9.40. The minimum absolute atomic E-state index is 0.182. The Bertz CT molecular complexity index is 262. The average molecular weight is 140 g/mol. The topological polar surface area (TPSA) is 42.3 Å². The second-order valence-electron chi connectivity index (χ2n) is 1.88. The van der Waals surface area contributed by atoms with Crippen LogP contribution < -0.4 is 0 Å². The quantitative estimate of drug-likeness (QED) is 0.441. The van der Waals surface area contributed by atoms with Crippen LogP contribution in [0, 0.1) is 17.8 Å². The van der Waals surface area contributed by atoms with E-state index in [0.29, 0.717) is 5.56 Å². The standard InChI is InChI=1S/C6H5FN2O/c1-4-2-6(7)8-3-5(4)9-10/h2-3H,1H3. The summed E-state index contributed by atoms with van der Waals surface area (Å²) >= 11 is 0. The number of hydrogen-bond donors (Lipinski definition) is 0. The molecule has 0 saturated heterocycles. The molecule has 52 valence electrons. The molecular weight excluding hydrogens is 135 g/mol. The van der Waals surface area contributed by atoms with E-state index in [4.69, 9.17) is 0 Å².